The maximum Gasteiger partial charge on any atom is 0.261 e. The lowest BCUT2D eigenvalue weighted by molar-refractivity contribution is 0.0187. The SMILES string of the molecule is Fc1cc(CNCCOCC(F)F)ccc1Cl. The summed E-state index contributed by atoms with van der Waals surface area (Å²) in [6, 6.07) is 4.50. The van der Waals surface area contributed by atoms with Crippen LogP contribution in [-0.2, 0) is 11.3 Å². The summed E-state index contributed by atoms with van der Waals surface area (Å²) in [5.74, 6) is -0.472. The molecular formula is C11H13ClF3NO. The Hall–Kier alpha value is -0.780. The fraction of sp³-hybridized carbons (Fsp3) is 0.455. The van der Waals surface area contributed by atoms with Crippen LogP contribution in [0.15, 0.2) is 18.2 Å². The zero-order valence-electron chi connectivity index (χ0n) is 9.06. The van der Waals surface area contributed by atoms with Crippen LogP contribution in [-0.4, -0.2) is 26.2 Å². The van der Waals surface area contributed by atoms with Crippen LogP contribution < -0.4 is 5.32 Å². The van der Waals surface area contributed by atoms with Crippen molar-refractivity contribution in [3.8, 4) is 0 Å². The minimum atomic E-state index is -2.44. The number of rotatable bonds is 7. The second-order valence-corrected chi connectivity index (χ2v) is 3.80. The summed E-state index contributed by atoms with van der Waals surface area (Å²) < 4.78 is 41.1. The molecule has 6 heteroatoms. The Bertz CT molecular complexity index is 349. The Labute approximate surface area is 103 Å². The second kappa shape index (κ2) is 7.53. The van der Waals surface area contributed by atoms with E-state index in [0.717, 1.165) is 5.56 Å². The van der Waals surface area contributed by atoms with Crippen molar-refractivity contribution < 1.29 is 17.9 Å². The summed E-state index contributed by atoms with van der Waals surface area (Å²) in [6.45, 7) is 0.501. The van der Waals surface area contributed by atoms with Crippen molar-refractivity contribution in [2.75, 3.05) is 19.8 Å². The number of alkyl halides is 2. The highest BCUT2D eigenvalue weighted by molar-refractivity contribution is 6.30. The van der Waals surface area contributed by atoms with Gasteiger partial charge in [-0.05, 0) is 17.7 Å². The first-order chi connectivity index (χ1) is 8.09. The van der Waals surface area contributed by atoms with Gasteiger partial charge in [0, 0.05) is 13.1 Å². The molecule has 0 spiro atoms. The average molecular weight is 268 g/mol. The molecule has 96 valence electrons. The summed E-state index contributed by atoms with van der Waals surface area (Å²) in [5.41, 5.74) is 0.737. The third-order valence-corrected chi connectivity index (χ3v) is 2.29. The lowest BCUT2D eigenvalue weighted by Crippen LogP contribution is -2.20. The third kappa shape index (κ3) is 5.91. The van der Waals surface area contributed by atoms with Crippen molar-refractivity contribution in [3.05, 3.63) is 34.6 Å². The van der Waals surface area contributed by atoms with E-state index in [2.05, 4.69) is 10.1 Å². The molecule has 0 aliphatic carbocycles. The van der Waals surface area contributed by atoms with E-state index < -0.39 is 18.8 Å². The van der Waals surface area contributed by atoms with Gasteiger partial charge in [-0.3, -0.25) is 0 Å². The molecule has 0 atom stereocenters. The van der Waals surface area contributed by atoms with Crippen LogP contribution >= 0.6 is 11.6 Å². The highest BCUT2D eigenvalue weighted by atomic mass is 35.5. The molecule has 1 N–H and O–H groups in total. The largest absolute Gasteiger partial charge is 0.374 e. The number of hydrogen-bond donors (Lipinski definition) is 1. The van der Waals surface area contributed by atoms with Crippen LogP contribution in [0.1, 0.15) is 5.56 Å². The molecule has 1 aromatic carbocycles. The Balaban J connectivity index is 2.16. The maximum atomic E-state index is 13.0. The predicted molar refractivity (Wildman–Crippen MR) is 59.9 cm³/mol. The molecular weight excluding hydrogens is 255 g/mol. The standard InChI is InChI=1S/C11H13ClF3NO/c12-9-2-1-8(5-10(9)13)6-16-3-4-17-7-11(14)15/h1-2,5,11,16H,3-4,6-7H2. The maximum absolute atomic E-state index is 13.0. The molecule has 0 aliphatic heterocycles. The number of ether oxygens (including phenoxy) is 1. The van der Waals surface area contributed by atoms with Crippen molar-refractivity contribution in [1.82, 2.24) is 5.32 Å². The van der Waals surface area contributed by atoms with Crippen LogP contribution in [0, 0.1) is 5.82 Å². The van der Waals surface area contributed by atoms with Crippen molar-refractivity contribution in [1.29, 1.82) is 0 Å². The second-order valence-electron chi connectivity index (χ2n) is 3.39. The van der Waals surface area contributed by atoms with Crippen LogP contribution in [0.5, 0.6) is 0 Å². The zero-order valence-corrected chi connectivity index (χ0v) is 9.81. The van der Waals surface area contributed by atoms with Gasteiger partial charge in [-0.2, -0.15) is 0 Å². The first-order valence-corrected chi connectivity index (χ1v) is 5.48. The Morgan fingerprint density at radius 3 is 2.76 bits per heavy atom. The first-order valence-electron chi connectivity index (χ1n) is 5.10. The van der Waals surface area contributed by atoms with Crippen LogP contribution in [0.25, 0.3) is 0 Å². The molecule has 1 rings (SSSR count). The van der Waals surface area contributed by atoms with E-state index in [0.29, 0.717) is 13.1 Å². The van der Waals surface area contributed by atoms with Gasteiger partial charge < -0.3 is 10.1 Å². The van der Waals surface area contributed by atoms with Gasteiger partial charge in [0.1, 0.15) is 12.4 Å². The van der Waals surface area contributed by atoms with E-state index in [9.17, 15) is 13.2 Å². The third-order valence-electron chi connectivity index (χ3n) is 1.98. The number of benzene rings is 1. The van der Waals surface area contributed by atoms with Gasteiger partial charge in [0.15, 0.2) is 0 Å². The Morgan fingerprint density at radius 2 is 2.12 bits per heavy atom. The lowest BCUT2D eigenvalue weighted by Gasteiger charge is -2.06. The molecule has 1 aromatic rings. The fourth-order valence-electron chi connectivity index (χ4n) is 1.20. The normalized spacial score (nSPS) is 11.1. The van der Waals surface area contributed by atoms with Gasteiger partial charge in [-0.1, -0.05) is 17.7 Å². The summed E-state index contributed by atoms with van der Waals surface area (Å²) in [7, 11) is 0. The minimum Gasteiger partial charge on any atom is -0.374 e. The summed E-state index contributed by atoms with van der Waals surface area (Å²) in [5, 5.41) is 3.02. The summed E-state index contributed by atoms with van der Waals surface area (Å²) in [4.78, 5) is 0. The number of nitrogens with one attached hydrogen (secondary N) is 1. The van der Waals surface area contributed by atoms with Gasteiger partial charge in [-0.25, -0.2) is 13.2 Å². The first kappa shape index (κ1) is 14.3. The number of hydrogen-bond acceptors (Lipinski definition) is 2. The predicted octanol–water partition coefficient (Wildman–Crippen LogP) is 2.85. The molecule has 0 radical (unpaired) electrons. The van der Waals surface area contributed by atoms with Crippen LogP contribution in [0.4, 0.5) is 13.2 Å². The van der Waals surface area contributed by atoms with E-state index in [4.69, 9.17) is 11.6 Å². The van der Waals surface area contributed by atoms with Gasteiger partial charge >= 0.3 is 0 Å². The van der Waals surface area contributed by atoms with E-state index in [1.807, 2.05) is 0 Å². The van der Waals surface area contributed by atoms with Crippen LogP contribution in [0.3, 0.4) is 0 Å². The van der Waals surface area contributed by atoms with Crippen molar-refractivity contribution in [3.63, 3.8) is 0 Å². The van der Waals surface area contributed by atoms with Crippen molar-refractivity contribution in [2.45, 2.75) is 13.0 Å². The van der Waals surface area contributed by atoms with E-state index in [1.165, 1.54) is 12.1 Å². The van der Waals surface area contributed by atoms with Gasteiger partial charge in [0.25, 0.3) is 6.43 Å². The smallest absolute Gasteiger partial charge is 0.261 e. The molecule has 0 amide bonds. The lowest BCUT2D eigenvalue weighted by atomic mass is 10.2. The molecule has 0 saturated heterocycles. The highest BCUT2D eigenvalue weighted by Gasteiger charge is 2.02. The Morgan fingerprint density at radius 1 is 1.35 bits per heavy atom. The van der Waals surface area contributed by atoms with Crippen molar-refractivity contribution in [2.24, 2.45) is 0 Å². The molecule has 0 saturated carbocycles. The van der Waals surface area contributed by atoms with E-state index >= 15 is 0 Å². The Kier molecular flexibility index (Phi) is 6.32. The monoisotopic (exact) mass is 267 g/mol. The van der Waals surface area contributed by atoms with Gasteiger partial charge in [-0.15, -0.1) is 0 Å². The molecule has 0 aromatic heterocycles. The molecule has 0 heterocycles. The molecule has 2 nitrogen and oxygen atoms in total. The van der Waals surface area contributed by atoms with E-state index in [1.54, 1.807) is 6.07 Å². The quantitative estimate of drug-likeness (QED) is 0.767. The van der Waals surface area contributed by atoms with Crippen molar-refractivity contribution >= 4 is 11.6 Å². The zero-order chi connectivity index (χ0) is 12.7. The summed E-state index contributed by atoms with van der Waals surface area (Å²) in [6.07, 6.45) is -2.44. The molecule has 0 aliphatic rings. The van der Waals surface area contributed by atoms with Crippen LogP contribution in [0.2, 0.25) is 5.02 Å². The molecule has 0 unspecified atom stereocenters. The van der Waals surface area contributed by atoms with Gasteiger partial charge in [0.05, 0.1) is 11.6 Å². The molecule has 0 fully saturated rings. The highest BCUT2D eigenvalue weighted by Crippen LogP contribution is 2.15. The molecule has 0 bridgehead atoms. The number of halogens is 4. The fourth-order valence-corrected chi connectivity index (χ4v) is 1.32. The summed E-state index contributed by atoms with van der Waals surface area (Å²) >= 11 is 5.53. The minimum absolute atomic E-state index is 0.0778. The van der Waals surface area contributed by atoms with Gasteiger partial charge in [0.2, 0.25) is 0 Å². The van der Waals surface area contributed by atoms with E-state index in [-0.39, 0.29) is 11.6 Å². The average Bonchev–Trinajstić information content (AvgIpc) is 2.27. The molecule has 17 heavy (non-hydrogen) atoms. The topological polar surface area (TPSA) is 21.3 Å².